The first-order valence-electron chi connectivity index (χ1n) is 9.90. The van der Waals surface area contributed by atoms with Crippen molar-refractivity contribution < 1.29 is 41.9 Å². The Morgan fingerprint density at radius 1 is 1.00 bits per heavy atom. The molecule has 3 rings (SSSR count). The van der Waals surface area contributed by atoms with Gasteiger partial charge in [0, 0.05) is 25.7 Å². The van der Waals surface area contributed by atoms with Crippen LogP contribution in [0.3, 0.4) is 0 Å². The number of nitro groups is 1. The Labute approximate surface area is 196 Å². The fourth-order valence-corrected chi connectivity index (χ4v) is 3.01. The van der Waals surface area contributed by atoms with Crippen LogP contribution in [0.15, 0.2) is 42.5 Å². The molecular formula is C23H18F4N2O6. The van der Waals surface area contributed by atoms with E-state index in [9.17, 15) is 32.5 Å². The first kappa shape index (κ1) is 25.4. The van der Waals surface area contributed by atoms with Crippen LogP contribution in [0.5, 0.6) is 17.2 Å². The standard InChI is InChI=1S/C23H18F4N2O6/c1-28(2)23(31)13-4-6-14(7-5-13)35-17-9-12(3-8-16(17)29(32)33)11-34-22-20(26)18(24)15(10-30)19(25)21(22)27/h3-9,30H,10-11H2,1-2H3. The fourth-order valence-electron chi connectivity index (χ4n) is 3.01. The summed E-state index contributed by atoms with van der Waals surface area (Å²) < 4.78 is 66.4. The summed E-state index contributed by atoms with van der Waals surface area (Å²) in [5, 5.41) is 20.3. The third kappa shape index (κ3) is 5.32. The predicted octanol–water partition coefficient (Wildman–Crippen LogP) is 4.72. The molecule has 0 radical (unpaired) electrons. The van der Waals surface area contributed by atoms with Gasteiger partial charge in [-0.25, -0.2) is 8.78 Å². The van der Waals surface area contributed by atoms with Crippen LogP contribution in [0.4, 0.5) is 23.2 Å². The second-order valence-electron chi connectivity index (χ2n) is 7.40. The summed E-state index contributed by atoms with van der Waals surface area (Å²) in [6.07, 6.45) is 0. The zero-order valence-electron chi connectivity index (χ0n) is 18.4. The number of carbonyl (C=O) groups excluding carboxylic acids is 1. The Kier molecular flexibility index (Phi) is 7.55. The van der Waals surface area contributed by atoms with E-state index in [0.717, 1.165) is 12.1 Å². The lowest BCUT2D eigenvalue weighted by Gasteiger charge is -2.13. The molecule has 1 amide bonds. The van der Waals surface area contributed by atoms with E-state index in [2.05, 4.69) is 0 Å². The average Bonchev–Trinajstić information content (AvgIpc) is 2.83. The van der Waals surface area contributed by atoms with Crippen LogP contribution in [0.2, 0.25) is 0 Å². The van der Waals surface area contributed by atoms with Gasteiger partial charge in [0.25, 0.3) is 5.91 Å². The Bertz CT molecular complexity index is 1250. The van der Waals surface area contributed by atoms with Gasteiger partial charge in [0.2, 0.25) is 17.4 Å². The molecule has 3 aromatic rings. The summed E-state index contributed by atoms with van der Waals surface area (Å²) in [7, 11) is 3.15. The van der Waals surface area contributed by atoms with E-state index in [4.69, 9.17) is 14.6 Å². The number of carbonyl (C=O) groups is 1. The van der Waals surface area contributed by atoms with Gasteiger partial charge in [-0.1, -0.05) is 0 Å². The first-order valence-corrected chi connectivity index (χ1v) is 9.90. The minimum absolute atomic E-state index is 0.121. The molecule has 0 atom stereocenters. The Balaban J connectivity index is 1.87. The van der Waals surface area contributed by atoms with Gasteiger partial charge in [-0.05, 0) is 42.0 Å². The van der Waals surface area contributed by atoms with Gasteiger partial charge in [0.1, 0.15) is 12.4 Å². The number of aliphatic hydroxyl groups excluding tert-OH is 1. The Hall–Kier alpha value is -4.19. The van der Waals surface area contributed by atoms with Crippen molar-refractivity contribution in [3.05, 3.63) is 92.5 Å². The lowest BCUT2D eigenvalue weighted by molar-refractivity contribution is -0.385. The SMILES string of the molecule is CN(C)C(=O)c1ccc(Oc2cc(COc3c(F)c(F)c(CO)c(F)c3F)ccc2[N+](=O)[O-])cc1. The van der Waals surface area contributed by atoms with Gasteiger partial charge in [-0.15, -0.1) is 0 Å². The van der Waals surface area contributed by atoms with Gasteiger partial charge < -0.3 is 19.5 Å². The van der Waals surface area contributed by atoms with Crippen LogP contribution in [-0.2, 0) is 13.2 Å². The third-order valence-corrected chi connectivity index (χ3v) is 4.81. The summed E-state index contributed by atoms with van der Waals surface area (Å²) in [6, 6.07) is 9.17. The molecule has 0 heterocycles. The molecule has 0 aromatic heterocycles. The highest BCUT2D eigenvalue weighted by Gasteiger charge is 2.26. The summed E-state index contributed by atoms with van der Waals surface area (Å²) >= 11 is 0. The van der Waals surface area contributed by atoms with Gasteiger partial charge in [-0.2, -0.15) is 8.78 Å². The number of aliphatic hydroxyl groups is 1. The number of rotatable bonds is 8. The number of ether oxygens (including phenoxy) is 2. The van der Waals surface area contributed by atoms with E-state index in [1.54, 1.807) is 14.1 Å². The maximum Gasteiger partial charge on any atom is 0.311 e. The van der Waals surface area contributed by atoms with E-state index >= 15 is 0 Å². The lowest BCUT2D eigenvalue weighted by Crippen LogP contribution is -2.21. The monoisotopic (exact) mass is 494 g/mol. The molecule has 0 aliphatic rings. The number of amides is 1. The van der Waals surface area contributed by atoms with E-state index in [1.807, 2.05) is 0 Å². The number of halogens is 4. The second kappa shape index (κ2) is 10.4. The average molecular weight is 494 g/mol. The summed E-state index contributed by atoms with van der Waals surface area (Å²) in [5.74, 6) is -8.98. The molecule has 8 nitrogen and oxygen atoms in total. The summed E-state index contributed by atoms with van der Waals surface area (Å²) in [5.41, 5.74) is -1.15. The van der Waals surface area contributed by atoms with Crippen molar-refractivity contribution in [1.82, 2.24) is 4.90 Å². The highest BCUT2D eigenvalue weighted by molar-refractivity contribution is 5.93. The normalized spacial score (nSPS) is 10.7. The summed E-state index contributed by atoms with van der Waals surface area (Å²) in [4.78, 5) is 24.0. The molecule has 1 N–H and O–H groups in total. The zero-order chi connectivity index (χ0) is 25.9. The van der Waals surface area contributed by atoms with E-state index in [0.29, 0.717) is 5.56 Å². The quantitative estimate of drug-likeness (QED) is 0.211. The molecule has 12 heteroatoms. The molecule has 0 unspecified atom stereocenters. The van der Waals surface area contributed by atoms with Crippen molar-refractivity contribution in [2.45, 2.75) is 13.2 Å². The zero-order valence-corrected chi connectivity index (χ0v) is 18.4. The van der Waals surface area contributed by atoms with Gasteiger partial charge >= 0.3 is 5.69 Å². The van der Waals surface area contributed by atoms with Crippen molar-refractivity contribution in [2.24, 2.45) is 0 Å². The van der Waals surface area contributed by atoms with Gasteiger partial charge in [0.05, 0.1) is 17.1 Å². The minimum Gasteiger partial charge on any atom is -0.483 e. The smallest absolute Gasteiger partial charge is 0.311 e. The maximum absolute atomic E-state index is 14.1. The highest BCUT2D eigenvalue weighted by atomic mass is 19.2. The van der Waals surface area contributed by atoms with E-state index < -0.39 is 58.4 Å². The van der Waals surface area contributed by atoms with Crippen LogP contribution < -0.4 is 9.47 Å². The van der Waals surface area contributed by atoms with Crippen LogP contribution in [-0.4, -0.2) is 34.9 Å². The maximum atomic E-state index is 14.1. The molecule has 0 aliphatic carbocycles. The number of nitrogens with zero attached hydrogens (tertiary/aromatic N) is 2. The molecule has 0 saturated heterocycles. The van der Waals surface area contributed by atoms with Crippen LogP contribution >= 0.6 is 0 Å². The van der Waals surface area contributed by atoms with E-state index in [1.165, 1.54) is 35.2 Å². The molecule has 3 aromatic carbocycles. The number of hydrogen-bond acceptors (Lipinski definition) is 6. The molecular weight excluding hydrogens is 476 g/mol. The molecule has 0 fully saturated rings. The fraction of sp³-hybridized carbons (Fsp3) is 0.174. The Morgan fingerprint density at radius 2 is 1.60 bits per heavy atom. The van der Waals surface area contributed by atoms with Crippen molar-refractivity contribution in [3.8, 4) is 17.2 Å². The van der Waals surface area contributed by atoms with Crippen molar-refractivity contribution in [3.63, 3.8) is 0 Å². The first-order chi connectivity index (χ1) is 16.5. The molecule has 0 aliphatic heterocycles. The molecule has 0 spiro atoms. The topological polar surface area (TPSA) is 102 Å². The second-order valence-corrected chi connectivity index (χ2v) is 7.40. The summed E-state index contributed by atoms with van der Waals surface area (Å²) in [6.45, 7) is -1.89. The van der Waals surface area contributed by atoms with Crippen molar-refractivity contribution >= 4 is 11.6 Å². The van der Waals surface area contributed by atoms with Gasteiger partial charge in [-0.3, -0.25) is 14.9 Å². The van der Waals surface area contributed by atoms with Crippen LogP contribution in [0.25, 0.3) is 0 Å². The molecule has 0 bridgehead atoms. The van der Waals surface area contributed by atoms with Crippen LogP contribution in [0.1, 0.15) is 21.5 Å². The van der Waals surface area contributed by atoms with Crippen molar-refractivity contribution in [2.75, 3.05) is 14.1 Å². The lowest BCUT2D eigenvalue weighted by atomic mass is 10.1. The number of nitro benzene ring substituents is 1. The molecule has 0 saturated carbocycles. The van der Waals surface area contributed by atoms with E-state index in [-0.39, 0.29) is 23.0 Å². The third-order valence-electron chi connectivity index (χ3n) is 4.81. The largest absolute Gasteiger partial charge is 0.483 e. The molecule has 184 valence electrons. The highest BCUT2D eigenvalue weighted by Crippen LogP contribution is 2.34. The molecule has 35 heavy (non-hydrogen) atoms. The van der Waals surface area contributed by atoms with Crippen molar-refractivity contribution in [1.29, 1.82) is 0 Å². The number of hydrogen-bond donors (Lipinski definition) is 1. The van der Waals surface area contributed by atoms with Crippen LogP contribution in [0, 0.1) is 33.4 Å². The van der Waals surface area contributed by atoms with Gasteiger partial charge in [0.15, 0.2) is 17.4 Å². The predicted molar refractivity (Wildman–Crippen MR) is 114 cm³/mol. The number of benzene rings is 3. The Morgan fingerprint density at radius 3 is 2.11 bits per heavy atom. The minimum atomic E-state index is -1.83.